The molecule has 0 radical (unpaired) electrons. The normalized spacial score (nSPS) is 16.4. The molecule has 2 rings (SSSR count). The van der Waals surface area contributed by atoms with Gasteiger partial charge in [0.05, 0.1) is 5.02 Å². The maximum Gasteiger partial charge on any atom is 0.224 e. The standard InChI is InChI=1S/C14H19ClN2O3/c1-8(9(2)16)14(18)17-7-10-5-11(15)13-12(6-10)19-3-4-20-13/h5-6,8-9H,3-4,7,16H2,1-2H3,(H,17,18). The van der Waals surface area contributed by atoms with Crippen LogP contribution in [0, 0.1) is 5.92 Å². The molecule has 0 bridgehead atoms. The first-order chi connectivity index (χ1) is 9.49. The van der Waals surface area contributed by atoms with Gasteiger partial charge in [-0.1, -0.05) is 18.5 Å². The van der Waals surface area contributed by atoms with E-state index in [2.05, 4.69) is 5.32 Å². The molecule has 0 spiro atoms. The summed E-state index contributed by atoms with van der Waals surface area (Å²) >= 11 is 6.14. The minimum atomic E-state index is -0.234. The molecule has 1 aromatic carbocycles. The molecule has 1 aliphatic heterocycles. The Morgan fingerprint density at radius 1 is 1.40 bits per heavy atom. The second kappa shape index (κ2) is 6.33. The van der Waals surface area contributed by atoms with Crippen molar-refractivity contribution in [3.05, 3.63) is 22.7 Å². The van der Waals surface area contributed by atoms with Gasteiger partial charge in [-0.25, -0.2) is 0 Å². The SMILES string of the molecule is CC(N)C(C)C(=O)NCc1cc(Cl)c2c(c1)OCCO2. The average Bonchev–Trinajstić information content (AvgIpc) is 2.44. The Morgan fingerprint density at radius 2 is 2.10 bits per heavy atom. The van der Waals surface area contributed by atoms with Gasteiger partial charge in [0.2, 0.25) is 5.91 Å². The largest absolute Gasteiger partial charge is 0.486 e. The average molecular weight is 299 g/mol. The molecule has 1 aromatic rings. The van der Waals surface area contributed by atoms with Gasteiger partial charge >= 0.3 is 0 Å². The molecule has 2 atom stereocenters. The highest BCUT2D eigenvalue weighted by atomic mass is 35.5. The lowest BCUT2D eigenvalue weighted by atomic mass is 10.0. The molecular formula is C14H19ClN2O3. The van der Waals surface area contributed by atoms with E-state index in [1.54, 1.807) is 13.0 Å². The van der Waals surface area contributed by atoms with E-state index >= 15 is 0 Å². The number of hydrogen-bond acceptors (Lipinski definition) is 4. The van der Waals surface area contributed by atoms with Crippen molar-refractivity contribution in [1.82, 2.24) is 5.32 Å². The van der Waals surface area contributed by atoms with Gasteiger partial charge in [0.1, 0.15) is 13.2 Å². The zero-order valence-corrected chi connectivity index (χ0v) is 12.4. The number of carbonyl (C=O) groups is 1. The molecule has 3 N–H and O–H groups in total. The van der Waals surface area contributed by atoms with Crippen molar-refractivity contribution in [2.24, 2.45) is 11.7 Å². The summed E-state index contributed by atoms with van der Waals surface area (Å²) in [4.78, 5) is 11.9. The molecule has 20 heavy (non-hydrogen) atoms. The van der Waals surface area contributed by atoms with E-state index in [0.29, 0.717) is 36.3 Å². The number of fused-ring (bicyclic) bond motifs is 1. The Bertz CT molecular complexity index is 505. The number of ether oxygens (including phenoxy) is 2. The Hall–Kier alpha value is -1.46. The van der Waals surface area contributed by atoms with E-state index in [0.717, 1.165) is 5.56 Å². The topological polar surface area (TPSA) is 73.6 Å². The molecule has 0 saturated heterocycles. The summed E-state index contributed by atoms with van der Waals surface area (Å²) in [5.41, 5.74) is 6.57. The van der Waals surface area contributed by atoms with Crippen molar-refractivity contribution in [2.75, 3.05) is 13.2 Å². The molecule has 5 nitrogen and oxygen atoms in total. The summed E-state index contributed by atoms with van der Waals surface area (Å²) in [6.45, 7) is 4.99. The minimum absolute atomic E-state index is 0.0778. The molecule has 0 saturated carbocycles. The monoisotopic (exact) mass is 298 g/mol. The third kappa shape index (κ3) is 3.35. The van der Waals surface area contributed by atoms with Gasteiger partial charge < -0.3 is 20.5 Å². The highest BCUT2D eigenvalue weighted by Crippen LogP contribution is 2.38. The van der Waals surface area contributed by atoms with E-state index in [4.69, 9.17) is 26.8 Å². The van der Waals surface area contributed by atoms with E-state index < -0.39 is 0 Å². The first-order valence-electron chi connectivity index (χ1n) is 6.60. The fraction of sp³-hybridized carbons (Fsp3) is 0.500. The first kappa shape index (κ1) is 14.9. The van der Waals surface area contributed by atoms with Crippen LogP contribution >= 0.6 is 11.6 Å². The first-order valence-corrected chi connectivity index (χ1v) is 6.98. The highest BCUT2D eigenvalue weighted by Gasteiger charge is 2.19. The lowest BCUT2D eigenvalue weighted by Gasteiger charge is -2.21. The molecule has 0 fully saturated rings. The van der Waals surface area contributed by atoms with Crippen LogP contribution in [0.2, 0.25) is 5.02 Å². The summed E-state index contributed by atoms with van der Waals surface area (Å²) in [6.07, 6.45) is 0. The molecule has 6 heteroatoms. The van der Waals surface area contributed by atoms with Crippen molar-refractivity contribution >= 4 is 17.5 Å². The Kier molecular flexibility index (Phi) is 4.73. The highest BCUT2D eigenvalue weighted by molar-refractivity contribution is 6.32. The van der Waals surface area contributed by atoms with Gasteiger partial charge in [0.15, 0.2) is 11.5 Å². The predicted molar refractivity (Wildman–Crippen MR) is 77.1 cm³/mol. The maximum atomic E-state index is 11.9. The van der Waals surface area contributed by atoms with Crippen LogP contribution in [0.4, 0.5) is 0 Å². The summed E-state index contributed by atoms with van der Waals surface area (Å²) < 4.78 is 10.9. The quantitative estimate of drug-likeness (QED) is 0.887. The van der Waals surface area contributed by atoms with E-state index in [-0.39, 0.29) is 17.9 Å². The number of amides is 1. The van der Waals surface area contributed by atoms with Crippen LogP contribution in [0.1, 0.15) is 19.4 Å². The lowest BCUT2D eigenvalue weighted by molar-refractivity contribution is -0.125. The van der Waals surface area contributed by atoms with E-state index in [9.17, 15) is 4.79 Å². The summed E-state index contributed by atoms with van der Waals surface area (Å²) in [7, 11) is 0. The van der Waals surface area contributed by atoms with Crippen LogP contribution in [0.5, 0.6) is 11.5 Å². The smallest absolute Gasteiger partial charge is 0.224 e. The second-order valence-corrected chi connectivity index (χ2v) is 5.37. The van der Waals surface area contributed by atoms with Crippen LogP contribution in [0.15, 0.2) is 12.1 Å². The fourth-order valence-electron chi connectivity index (χ4n) is 1.86. The van der Waals surface area contributed by atoms with Gasteiger partial charge in [0, 0.05) is 18.5 Å². The van der Waals surface area contributed by atoms with E-state index in [1.807, 2.05) is 13.0 Å². The number of benzene rings is 1. The number of halogens is 1. The molecule has 0 aliphatic carbocycles. The van der Waals surface area contributed by atoms with Crippen LogP contribution < -0.4 is 20.5 Å². The molecule has 0 aromatic heterocycles. The van der Waals surface area contributed by atoms with Gasteiger partial charge in [-0.2, -0.15) is 0 Å². The summed E-state index contributed by atoms with van der Waals surface area (Å²) in [6, 6.07) is 3.42. The Morgan fingerprint density at radius 3 is 2.80 bits per heavy atom. The molecule has 1 amide bonds. The fourth-order valence-corrected chi connectivity index (χ4v) is 2.14. The van der Waals surface area contributed by atoms with Gasteiger partial charge in [-0.3, -0.25) is 4.79 Å². The van der Waals surface area contributed by atoms with E-state index in [1.165, 1.54) is 0 Å². The van der Waals surface area contributed by atoms with Crippen LogP contribution in [-0.2, 0) is 11.3 Å². The van der Waals surface area contributed by atoms with Gasteiger partial charge in [-0.05, 0) is 24.6 Å². The maximum absolute atomic E-state index is 11.9. The van der Waals surface area contributed by atoms with Crippen molar-refractivity contribution in [3.8, 4) is 11.5 Å². The zero-order chi connectivity index (χ0) is 14.7. The molecule has 1 heterocycles. The lowest BCUT2D eigenvalue weighted by Crippen LogP contribution is -2.38. The van der Waals surface area contributed by atoms with Crippen LogP contribution in [0.3, 0.4) is 0 Å². The zero-order valence-electron chi connectivity index (χ0n) is 11.6. The number of nitrogens with one attached hydrogen (secondary N) is 1. The third-order valence-corrected chi connectivity index (χ3v) is 3.61. The van der Waals surface area contributed by atoms with Gasteiger partial charge in [0.25, 0.3) is 0 Å². The van der Waals surface area contributed by atoms with Crippen LogP contribution in [-0.4, -0.2) is 25.2 Å². The molecular weight excluding hydrogens is 280 g/mol. The summed E-state index contributed by atoms with van der Waals surface area (Å²) in [5, 5.41) is 3.33. The van der Waals surface area contributed by atoms with Crippen molar-refractivity contribution in [3.63, 3.8) is 0 Å². The number of rotatable bonds is 4. The number of nitrogens with two attached hydrogens (primary N) is 1. The molecule has 1 aliphatic rings. The van der Waals surface area contributed by atoms with Gasteiger partial charge in [-0.15, -0.1) is 0 Å². The van der Waals surface area contributed by atoms with Crippen molar-refractivity contribution in [1.29, 1.82) is 0 Å². The molecule has 2 unspecified atom stereocenters. The van der Waals surface area contributed by atoms with Crippen molar-refractivity contribution < 1.29 is 14.3 Å². The number of carbonyl (C=O) groups excluding carboxylic acids is 1. The summed E-state index contributed by atoms with van der Waals surface area (Å²) in [5.74, 6) is 0.874. The van der Waals surface area contributed by atoms with Crippen molar-refractivity contribution in [2.45, 2.75) is 26.4 Å². The second-order valence-electron chi connectivity index (χ2n) is 4.97. The Labute approximate surface area is 123 Å². The number of hydrogen-bond donors (Lipinski definition) is 2. The predicted octanol–water partition coefficient (Wildman–Crippen LogP) is 1.71. The molecule has 110 valence electrons. The van der Waals surface area contributed by atoms with Crippen LogP contribution in [0.25, 0.3) is 0 Å². The Balaban J connectivity index is 2.04. The third-order valence-electron chi connectivity index (χ3n) is 3.33. The minimum Gasteiger partial charge on any atom is -0.486 e.